The summed E-state index contributed by atoms with van der Waals surface area (Å²) in [6.07, 6.45) is 2.10. The molecule has 5 nitrogen and oxygen atoms in total. The molecule has 0 saturated carbocycles. The van der Waals surface area contributed by atoms with Gasteiger partial charge >= 0.3 is 0 Å². The molecule has 2 heterocycles. The Labute approximate surface area is 170 Å². The standard InChI is InChI=1S/C16H25ClN4OS.HI/c1-12(22)21-8-6-13(7-9-21)10-19-16(18-2)20(3)11-14-4-5-15(17)23-14;/h4-5,13H,6-11H2,1-3H3,(H,18,19);1H. The van der Waals surface area contributed by atoms with Crippen LogP contribution in [-0.2, 0) is 11.3 Å². The van der Waals surface area contributed by atoms with Crippen molar-refractivity contribution in [2.75, 3.05) is 33.7 Å². The van der Waals surface area contributed by atoms with Gasteiger partial charge in [-0.15, -0.1) is 35.3 Å². The van der Waals surface area contributed by atoms with E-state index in [1.807, 2.05) is 24.1 Å². The number of hydrogen-bond donors (Lipinski definition) is 1. The molecule has 0 aliphatic carbocycles. The van der Waals surface area contributed by atoms with E-state index in [1.165, 1.54) is 4.88 Å². The zero-order chi connectivity index (χ0) is 16.8. The van der Waals surface area contributed by atoms with E-state index in [-0.39, 0.29) is 29.9 Å². The van der Waals surface area contributed by atoms with Gasteiger partial charge in [-0.25, -0.2) is 0 Å². The lowest BCUT2D eigenvalue weighted by atomic mass is 9.97. The highest BCUT2D eigenvalue weighted by Crippen LogP contribution is 2.22. The molecule has 1 amide bonds. The van der Waals surface area contributed by atoms with Crippen LogP contribution in [0.15, 0.2) is 17.1 Å². The molecule has 1 saturated heterocycles. The Morgan fingerprint density at radius 3 is 2.62 bits per heavy atom. The fourth-order valence-corrected chi connectivity index (χ4v) is 3.96. The van der Waals surface area contributed by atoms with Gasteiger partial charge in [0.15, 0.2) is 5.96 Å². The number of piperidine rings is 1. The molecule has 0 radical (unpaired) electrons. The number of halogens is 2. The smallest absolute Gasteiger partial charge is 0.219 e. The van der Waals surface area contributed by atoms with Gasteiger partial charge in [0.1, 0.15) is 0 Å². The van der Waals surface area contributed by atoms with Gasteiger partial charge in [-0.05, 0) is 30.9 Å². The van der Waals surface area contributed by atoms with Crippen molar-refractivity contribution < 1.29 is 4.79 Å². The summed E-state index contributed by atoms with van der Waals surface area (Å²) in [5, 5.41) is 3.45. The van der Waals surface area contributed by atoms with Gasteiger partial charge in [0.25, 0.3) is 0 Å². The Kier molecular flexibility index (Phi) is 9.36. The van der Waals surface area contributed by atoms with Crippen LogP contribution in [-0.4, -0.2) is 55.4 Å². The fraction of sp³-hybridized carbons (Fsp3) is 0.625. The molecule has 1 aliphatic heterocycles. The topological polar surface area (TPSA) is 47.9 Å². The first kappa shape index (κ1) is 21.5. The Morgan fingerprint density at radius 1 is 1.46 bits per heavy atom. The predicted molar refractivity (Wildman–Crippen MR) is 113 cm³/mol. The van der Waals surface area contributed by atoms with Crippen LogP contribution >= 0.6 is 46.9 Å². The van der Waals surface area contributed by atoms with Crippen molar-refractivity contribution in [1.29, 1.82) is 0 Å². The summed E-state index contributed by atoms with van der Waals surface area (Å²) in [6, 6.07) is 3.97. The molecule has 0 atom stereocenters. The van der Waals surface area contributed by atoms with Crippen LogP contribution in [0.25, 0.3) is 0 Å². The van der Waals surface area contributed by atoms with E-state index in [1.54, 1.807) is 25.3 Å². The molecule has 0 unspecified atom stereocenters. The maximum absolute atomic E-state index is 11.4. The highest BCUT2D eigenvalue weighted by atomic mass is 127. The average Bonchev–Trinajstić information content (AvgIpc) is 2.93. The third-order valence-electron chi connectivity index (χ3n) is 4.20. The van der Waals surface area contributed by atoms with Gasteiger partial charge in [0.05, 0.1) is 10.9 Å². The van der Waals surface area contributed by atoms with Gasteiger partial charge in [-0.1, -0.05) is 11.6 Å². The number of carbonyl (C=O) groups is 1. The highest BCUT2D eigenvalue weighted by Gasteiger charge is 2.21. The molecule has 1 aromatic rings. The van der Waals surface area contributed by atoms with E-state index < -0.39 is 0 Å². The molecular weight excluding hydrogens is 459 g/mol. The average molecular weight is 485 g/mol. The van der Waals surface area contributed by atoms with Crippen molar-refractivity contribution in [3.63, 3.8) is 0 Å². The largest absolute Gasteiger partial charge is 0.356 e. The van der Waals surface area contributed by atoms with Crippen LogP contribution in [0.3, 0.4) is 0 Å². The van der Waals surface area contributed by atoms with Crippen molar-refractivity contribution in [1.82, 2.24) is 15.1 Å². The summed E-state index contributed by atoms with van der Waals surface area (Å²) in [6.45, 7) is 5.06. The zero-order valence-corrected chi connectivity index (χ0v) is 18.3. The zero-order valence-electron chi connectivity index (χ0n) is 14.4. The molecule has 0 aromatic carbocycles. The number of rotatable bonds is 4. The molecule has 1 aromatic heterocycles. The highest BCUT2D eigenvalue weighted by molar-refractivity contribution is 14.0. The van der Waals surface area contributed by atoms with Crippen LogP contribution in [0.5, 0.6) is 0 Å². The quantitative estimate of drug-likeness (QED) is 0.405. The number of nitrogens with one attached hydrogen (secondary N) is 1. The fourth-order valence-electron chi connectivity index (χ4n) is 2.82. The summed E-state index contributed by atoms with van der Waals surface area (Å²) < 4.78 is 0.813. The summed E-state index contributed by atoms with van der Waals surface area (Å²) >= 11 is 7.58. The van der Waals surface area contributed by atoms with E-state index in [4.69, 9.17) is 11.6 Å². The van der Waals surface area contributed by atoms with E-state index in [0.29, 0.717) is 5.92 Å². The number of nitrogens with zero attached hydrogens (tertiary/aromatic N) is 3. The summed E-state index contributed by atoms with van der Waals surface area (Å²) in [5.74, 6) is 1.66. The third kappa shape index (κ3) is 6.40. The Bertz CT molecular complexity index is 558. The molecule has 2 rings (SSSR count). The van der Waals surface area contributed by atoms with Gasteiger partial charge in [0.2, 0.25) is 5.91 Å². The van der Waals surface area contributed by atoms with Crippen molar-refractivity contribution in [3.8, 4) is 0 Å². The van der Waals surface area contributed by atoms with E-state index in [9.17, 15) is 4.79 Å². The lowest BCUT2D eigenvalue weighted by Gasteiger charge is -2.32. The van der Waals surface area contributed by atoms with Crippen molar-refractivity contribution in [2.24, 2.45) is 10.9 Å². The van der Waals surface area contributed by atoms with Crippen molar-refractivity contribution >= 4 is 58.8 Å². The molecule has 0 bridgehead atoms. The number of carbonyl (C=O) groups excluding carboxylic acids is 1. The van der Waals surface area contributed by atoms with Gasteiger partial charge in [-0.3, -0.25) is 9.79 Å². The molecule has 1 N–H and O–H groups in total. The Hall–Kier alpha value is -0.540. The second-order valence-corrected chi connectivity index (χ2v) is 7.74. The van der Waals surface area contributed by atoms with Gasteiger partial charge < -0.3 is 15.1 Å². The maximum Gasteiger partial charge on any atom is 0.219 e. The first-order valence-corrected chi connectivity index (χ1v) is 9.10. The minimum Gasteiger partial charge on any atom is -0.356 e. The molecular formula is C16H26ClIN4OS. The number of thiophene rings is 1. The minimum atomic E-state index is 0. The van der Waals surface area contributed by atoms with Crippen LogP contribution in [0, 0.1) is 5.92 Å². The second-order valence-electron chi connectivity index (χ2n) is 5.94. The van der Waals surface area contributed by atoms with E-state index in [0.717, 1.165) is 49.3 Å². The SMILES string of the molecule is CN=C(NCC1CCN(C(C)=O)CC1)N(C)Cc1ccc(Cl)s1.I. The maximum atomic E-state index is 11.4. The molecule has 8 heteroatoms. The Morgan fingerprint density at radius 2 is 2.12 bits per heavy atom. The van der Waals surface area contributed by atoms with Crippen LogP contribution in [0.1, 0.15) is 24.6 Å². The van der Waals surface area contributed by atoms with Gasteiger partial charge in [0, 0.05) is 45.5 Å². The Balaban J connectivity index is 0.00000288. The molecule has 136 valence electrons. The van der Waals surface area contributed by atoms with Gasteiger partial charge in [-0.2, -0.15) is 0 Å². The summed E-state index contributed by atoms with van der Waals surface area (Å²) in [7, 11) is 3.83. The number of likely N-dealkylation sites (tertiary alicyclic amines) is 1. The minimum absolute atomic E-state index is 0. The molecule has 1 aliphatic rings. The number of hydrogen-bond acceptors (Lipinski definition) is 3. The number of aliphatic imine (C=N–C) groups is 1. The number of guanidine groups is 1. The normalized spacial score (nSPS) is 15.8. The van der Waals surface area contributed by atoms with Crippen LogP contribution in [0.2, 0.25) is 4.34 Å². The van der Waals surface area contributed by atoms with E-state index >= 15 is 0 Å². The monoisotopic (exact) mass is 484 g/mol. The predicted octanol–water partition coefficient (Wildman–Crippen LogP) is 3.29. The summed E-state index contributed by atoms with van der Waals surface area (Å²) in [5.41, 5.74) is 0. The first-order valence-electron chi connectivity index (χ1n) is 7.91. The first-order chi connectivity index (χ1) is 11.0. The van der Waals surface area contributed by atoms with Crippen molar-refractivity contribution in [2.45, 2.75) is 26.3 Å². The van der Waals surface area contributed by atoms with E-state index in [2.05, 4.69) is 15.2 Å². The van der Waals surface area contributed by atoms with Crippen molar-refractivity contribution in [3.05, 3.63) is 21.3 Å². The molecule has 0 spiro atoms. The van der Waals surface area contributed by atoms with Crippen LogP contribution in [0.4, 0.5) is 0 Å². The molecule has 1 fully saturated rings. The third-order valence-corrected chi connectivity index (χ3v) is 5.42. The molecule has 24 heavy (non-hydrogen) atoms. The summed E-state index contributed by atoms with van der Waals surface area (Å²) in [4.78, 5) is 21.0. The lowest BCUT2D eigenvalue weighted by Crippen LogP contribution is -2.44. The second kappa shape index (κ2) is 10.5. The number of amides is 1. The van der Waals surface area contributed by atoms with Crippen LogP contribution < -0.4 is 5.32 Å². The lowest BCUT2D eigenvalue weighted by molar-refractivity contribution is -0.130.